The van der Waals surface area contributed by atoms with Gasteiger partial charge in [-0.15, -0.1) is 0 Å². The minimum absolute atomic E-state index is 0.0177. The molecule has 6 nitrogen and oxygen atoms in total. The summed E-state index contributed by atoms with van der Waals surface area (Å²) in [5, 5.41) is 2.98. The lowest BCUT2D eigenvalue weighted by Gasteiger charge is -2.37. The minimum atomic E-state index is -3.16. The van der Waals surface area contributed by atoms with Gasteiger partial charge in [-0.2, -0.15) is 4.31 Å². The van der Waals surface area contributed by atoms with Crippen molar-refractivity contribution < 1.29 is 17.9 Å². The maximum Gasteiger partial charge on any atom is 0.258 e. The fraction of sp³-hybridized carbons (Fsp3) is 0.562. The largest absolute Gasteiger partial charge is 0.484 e. The number of hydrogen-bond donors (Lipinski definition) is 1. The average Bonchev–Trinajstić information content (AvgIpc) is 2.79. The van der Waals surface area contributed by atoms with E-state index < -0.39 is 10.0 Å². The number of rotatable bonds is 5. The third-order valence-electron chi connectivity index (χ3n) is 4.53. The van der Waals surface area contributed by atoms with Crippen molar-refractivity contribution >= 4 is 15.9 Å². The van der Waals surface area contributed by atoms with Crippen LogP contribution in [0.3, 0.4) is 0 Å². The lowest BCUT2D eigenvalue weighted by Crippen LogP contribution is -2.52. The average molecular weight is 338 g/mol. The van der Waals surface area contributed by atoms with Gasteiger partial charge in [0, 0.05) is 18.1 Å². The highest BCUT2D eigenvalue weighted by Gasteiger charge is 2.45. The topological polar surface area (TPSA) is 75.7 Å². The zero-order valence-corrected chi connectivity index (χ0v) is 14.0. The first kappa shape index (κ1) is 16.3. The van der Waals surface area contributed by atoms with Crippen LogP contribution < -0.4 is 10.1 Å². The van der Waals surface area contributed by atoms with Crippen LogP contribution in [0.4, 0.5) is 0 Å². The number of nitrogens with one attached hydrogen (secondary N) is 1. The number of carbonyl (C=O) groups excluding carboxylic acids is 1. The van der Waals surface area contributed by atoms with Crippen LogP contribution >= 0.6 is 0 Å². The molecule has 3 rings (SSSR count). The van der Waals surface area contributed by atoms with E-state index in [0.717, 1.165) is 12.8 Å². The summed E-state index contributed by atoms with van der Waals surface area (Å²) >= 11 is 0. The molecule has 2 fully saturated rings. The summed E-state index contributed by atoms with van der Waals surface area (Å²) in [4.78, 5) is 12.0. The fourth-order valence-electron chi connectivity index (χ4n) is 3.73. The molecule has 2 atom stereocenters. The van der Waals surface area contributed by atoms with Gasteiger partial charge in [-0.1, -0.05) is 18.2 Å². The van der Waals surface area contributed by atoms with Crippen molar-refractivity contribution in [2.45, 2.75) is 43.8 Å². The number of benzene rings is 1. The summed E-state index contributed by atoms with van der Waals surface area (Å²) in [6, 6.07) is 9.26. The van der Waals surface area contributed by atoms with E-state index in [1.807, 2.05) is 18.2 Å². The smallest absolute Gasteiger partial charge is 0.258 e. The Morgan fingerprint density at radius 1 is 1.22 bits per heavy atom. The number of ether oxygens (including phenoxy) is 1. The molecule has 0 spiro atoms. The van der Waals surface area contributed by atoms with Crippen LogP contribution in [-0.2, 0) is 14.8 Å². The van der Waals surface area contributed by atoms with E-state index in [9.17, 15) is 13.2 Å². The fourth-order valence-corrected chi connectivity index (χ4v) is 5.19. The van der Waals surface area contributed by atoms with E-state index in [0.29, 0.717) is 18.6 Å². The molecule has 0 aliphatic carbocycles. The van der Waals surface area contributed by atoms with Gasteiger partial charge in [0.15, 0.2) is 6.61 Å². The summed E-state index contributed by atoms with van der Waals surface area (Å²) in [7, 11) is -3.16. The van der Waals surface area contributed by atoms with Gasteiger partial charge in [0.2, 0.25) is 10.0 Å². The summed E-state index contributed by atoms with van der Waals surface area (Å²) in [6.07, 6.45) is 4.39. The van der Waals surface area contributed by atoms with Crippen LogP contribution in [0.15, 0.2) is 30.3 Å². The second-order valence-corrected chi connectivity index (χ2v) is 8.20. The maximum absolute atomic E-state index is 12.0. The Morgan fingerprint density at radius 2 is 1.83 bits per heavy atom. The molecule has 1 aromatic carbocycles. The van der Waals surface area contributed by atoms with Crippen molar-refractivity contribution in [3.8, 4) is 5.75 Å². The lowest BCUT2D eigenvalue weighted by atomic mass is 10.00. The summed E-state index contributed by atoms with van der Waals surface area (Å²) < 4.78 is 30.8. The molecule has 1 aromatic rings. The molecule has 2 heterocycles. The Balaban J connectivity index is 1.51. The molecule has 2 saturated heterocycles. The Kier molecular flexibility index (Phi) is 4.59. The Hall–Kier alpha value is -1.60. The molecule has 1 N–H and O–H groups in total. The van der Waals surface area contributed by atoms with Gasteiger partial charge in [-0.05, 0) is 37.8 Å². The standard InChI is InChI=1S/C16H22N2O4S/c1-23(20,21)18-13-7-8-14(18)10-12(9-13)17-16(19)11-22-15-5-3-2-4-6-15/h2-6,12-14H,7-11H2,1H3,(H,17,19)/t13-,14-/m0/s1. The maximum atomic E-state index is 12.0. The molecule has 2 aliphatic heterocycles. The molecular weight excluding hydrogens is 316 g/mol. The highest BCUT2D eigenvalue weighted by Crippen LogP contribution is 2.37. The van der Waals surface area contributed by atoms with E-state index in [1.165, 1.54) is 6.26 Å². The molecule has 0 aromatic heterocycles. The van der Waals surface area contributed by atoms with Crippen LogP contribution in [0.2, 0.25) is 0 Å². The Labute approximate surface area is 136 Å². The predicted molar refractivity (Wildman–Crippen MR) is 86.6 cm³/mol. The zero-order valence-electron chi connectivity index (χ0n) is 13.1. The van der Waals surface area contributed by atoms with E-state index >= 15 is 0 Å². The molecule has 2 aliphatic rings. The first-order chi connectivity index (χ1) is 10.9. The number of fused-ring (bicyclic) bond motifs is 2. The van der Waals surface area contributed by atoms with Gasteiger partial charge < -0.3 is 10.1 Å². The molecule has 0 radical (unpaired) electrons. The van der Waals surface area contributed by atoms with Crippen molar-refractivity contribution in [3.63, 3.8) is 0 Å². The van der Waals surface area contributed by atoms with Crippen molar-refractivity contribution in [1.29, 1.82) is 0 Å². The number of piperidine rings is 1. The molecule has 7 heteroatoms. The number of nitrogens with zero attached hydrogens (tertiary/aromatic N) is 1. The van der Waals surface area contributed by atoms with Crippen LogP contribution in [0, 0.1) is 0 Å². The van der Waals surface area contributed by atoms with E-state index in [4.69, 9.17) is 4.74 Å². The first-order valence-corrected chi connectivity index (χ1v) is 9.74. The number of amides is 1. The van der Waals surface area contributed by atoms with Gasteiger partial charge in [-0.3, -0.25) is 4.79 Å². The number of para-hydroxylation sites is 1. The molecule has 1 amide bonds. The van der Waals surface area contributed by atoms with Gasteiger partial charge in [0.05, 0.1) is 6.26 Å². The van der Waals surface area contributed by atoms with Crippen LogP contribution in [0.25, 0.3) is 0 Å². The quantitative estimate of drug-likeness (QED) is 0.873. The first-order valence-electron chi connectivity index (χ1n) is 7.89. The monoisotopic (exact) mass is 338 g/mol. The Bertz CT molecular complexity index is 648. The van der Waals surface area contributed by atoms with Gasteiger partial charge in [-0.25, -0.2) is 8.42 Å². The predicted octanol–water partition coefficient (Wildman–Crippen LogP) is 1.14. The normalized spacial score (nSPS) is 27.6. The number of carbonyl (C=O) groups is 1. The van der Waals surface area contributed by atoms with Gasteiger partial charge in [0.25, 0.3) is 5.91 Å². The molecular formula is C16H22N2O4S. The van der Waals surface area contributed by atoms with Crippen molar-refractivity contribution in [2.75, 3.05) is 12.9 Å². The second kappa shape index (κ2) is 6.49. The molecule has 0 unspecified atom stereocenters. The van der Waals surface area contributed by atoms with Crippen molar-refractivity contribution in [3.05, 3.63) is 30.3 Å². The molecule has 0 saturated carbocycles. The highest BCUT2D eigenvalue weighted by molar-refractivity contribution is 7.88. The summed E-state index contributed by atoms with van der Waals surface area (Å²) in [5.74, 6) is 0.501. The SMILES string of the molecule is CS(=O)(=O)N1[C@H]2CC[C@H]1CC(NC(=O)COc1ccccc1)C2. The van der Waals surface area contributed by atoms with Gasteiger partial charge >= 0.3 is 0 Å². The number of hydrogen-bond acceptors (Lipinski definition) is 4. The Morgan fingerprint density at radius 3 is 2.39 bits per heavy atom. The third kappa shape index (κ3) is 3.84. The molecule has 23 heavy (non-hydrogen) atoms. The van der Waals surface area contributed by atoms with Gasteiger partial charge in [0.1, 0.15) is 5.75 Å². The summed E-state index contributed by atoms with van der Waals surface area (Å²) in [5.41, 5.74) is 0. The zero-order chi connectivity index (χ0) is 16.4. The van der Waals surface area contributed by atoms with Crippen molar-refractivity contribution in [1.82, 2.24) is 9.62 Å². The van der Waals surface area contributed by atoms with Crippen LogP contribution in [0.1, 0.15) is 25.7 Å². The lowest BCUT2D eigenvalue weighted by molar-refractivity contribution is -0.124. The third-order valence-corrected chi connectivity index (χ3v) is 5.89. The van der Waals surface area contributed by atoms with Crippen molar-refractivity contribution in [2.24, 2.45) is 0 Å². The van der Waals surface area contributed by atoms with E-state index in [-0.39, 0.29) is 30.6 Å². The number of sulfonamides is 1. The minimum Gasteiger partial charge on any atom is -0.484 e. The van der Waals surface area contributed by atoms with E-state index in [1.54, 1.807) is 16.4 Å². The summed E-state index contributed by atoms with van der Waals surface area (Å²) in [6.45, 7) is -0.0222. The van der Waals surface area contributed by atoms with E-state index in [2.05, 4.69) is 5.32 Å². The highest BCUT2D eigenvalue weighted by atomic mass is 32.2. The molecule has 2 bridgehead atoms. The second-order valence-electron chi connectivity index (χ2n) is 6.32. The van der Waals surface area contributed by atoms with Crippen LogP contribution in [0.5, 0.6) is 5.75 Å². The van der Waals surface area contributed by atoms with Crippen LogP contribution in [-0.4, -0.2) is 49.6 Å². The molecule has 126 valence electrons.